The number of aryl methyl sites for hydroxylation is 2. The Balaban J connectivity index is 1.77. The van der Waals surface area contributed by atoms with Crippen LogP contribution in [0.5, 0.6) is 5.75 Å². The first kappa shape index (κ1) is 19.1. The van der Waals surface area contributed by atoms with Crippen LogP contribution in [-0.4, -0.2) is 12.5 Å². The van der Waals surface area contributed by atoms with Gasteiger partial charge in [0, 0.05) is 22.5 Å². The van der Waals surface area contributed by atoms with Crippen LogP contribution in [0.4, 0.5) is 11.4 Å². The number of hydrogen-bond acceptors (Lipinski definition) is 3. The van der Waals surface area contributed by atoms with Crippen molar-refractivity contribution in [2.45, 2.75) is 33.4 Å². The van der Waals surface area contributed by atoms with Crippen LogP contribution in [0, 0.1) is 6.92 Å². The summed E-state index contributed by atoms with van der Waals surface area (Å²) in [6, 6.07) is 21.9. The molecule has 0 aromatic heterocycles. The van der Waals surface area contributed by atoms with E-state index in [9.17, 15) is 4.79 Å². The van der Waals surface area contributed by atoms with E-state index in [1.54, 1.807) is 0 Å². The first-order valence-electron chi connectivity index (χ1n) is 10.1. The molecule has 0 saturated heterocycles. The molecule has 1 N–H and O–H groups in total. The molecule has 1 aliphatic heterocycles. The Labute approximate surface area is 172 Å². The molecule has 4 heteroatoms. The van der Waals surface area contributed by atoms with Gasteiger partial charge in [0.05, 0.1) is 6.61 Å². The Morgan fingerprint density at radius 2 is 1.72 bits per heavy atom. The molecule has 3 aromatic rings. The number of ether oxygens (including phenoxy) is 1. The van der Waals surface area contributed by atoms with Crippen molar-refractivity contribution in [1.82, 2.24) is 0 Å². The van der Waals surface area contributed by atoms with E-state index < -0.39 is 0 Å². The zero-order valence-electron chi connectivity index (χ0n) is 17.1. The molecular formula is C25H26N2O2. The highest BCUT2D eigenvalue weighted by atomic mass is 16.5. The maximum Gasteiger partial charge on any atom is 0.260 e. The van der Waals surface area contributed by atoms with Crippen LogP contribution in [0.1, 0.15) is 47.1 Å². The van der Waals surface area contributed by atoms with Crippen LogP contribution in [0.15, 0.2) is 66.7 Å². The molecule has 1 amide bonds. The van der Waals surface area contributed by atoms with Gasteiger partial charge >= 0.3 is 0 Å². The van der Waals surface area contributed by atoms with Crippen molar-refractivity contribution in [2.24, 2.45) is 0 Å². The Bertz CT molecular complexity index is 1030. The normalized spacial score (nSPS) is 15.3. The van der Waals surface area contributed by atoms with E-state index in [4.69, 9.17) is 4.74 Å². The smallest absolute Gasteiger partial charge is 0.260 e. The summed E-state index contributed by atoms with van der Waals surface area (Å²) in [5.41, 5.74) is 6.10. The van der Waals surface area contributed by atoms with Gasteiger partial charge in [-0.1, -0.05) is 43.3 Å². The van der Waals surface area contributed by atoms with Crippen LogP contribution >= 0.6 is 0 Å². The molecule has 0 bridgehead atoms. The van der Waals surface area contributed by atoms with Gasteiger partial charge in [-0.15, -0.1) is 0 Å². The van der Waals surface area contributed by atoms with E-state index in [1.165, 1.54) is 11.1 Å². The Kier molecular flexibility index (Phi) is 5.26. The summed E-state index contributed by atoms with van der Waals surface area (Å²) in [5.74, 6) is 0.811. The van der Waals surface area contributed by atoms with Gasteiger partial charge in [0.1, 0.15) is 11.9 Å². The molecular weight excluding hydrogens is 360 g/mol. The predicted octanol–water partition coefficient (Wildman–Crippen LogP) is 5.73. The first-order valence-corrected chi connectivity index (χ1v) is 10.1. The van der Waals surface area contributed by atoms with E-state index >= 15 is 0 Å². The molecule has 4 rings (SSSR count). The molecule has 3 aromatic carbocycles. The van der Waals surface area contributed by atoms with E-state index in [1.807, 2.05) is 60.4 Å². The number of amides is 1. The topological polar surface area (TPSA) is 41.6 Å². The molecule has 0 aliphatic carbocycles. The van der Waals surface area contributed by atoms with Gasteiger partial charge in [0.2, 0.25) is 0 Å². The highest BCUT2D eigenvalue weighted by molar-refractivity contribution is 6.11. The molecule has 0 saturated carbocycles. The summed E-state index contributed by atoms with van der Waals surface area (Å²) < 4.78 is 5.56. The monoisotopic (exact) mass is 386 g/mol. The average molecular weight is 386 g/mol. The lowest BCUT2D eigenvalue weighted by Crippen LogP contribution is -2.32. The minimum atomic E-state index is -0.261. The number of fused-ring (bicyclic) bond motifs is 1. The number of rotatable bonds is 6. The average Bonchev–Trinajstić information content (AvgIpc) is 3.02. The molecule has 0 radical (unpaired) electrons. The van der Waals surface area contributed by atoms with E-state index in [-0.39, 0.29) is 12.1 Å². The van der Waals surface area contributed by atoms with Crippen molar-refractivity contribution in [3.63, 3.8) is 0 Å². The number of carbonyl (C=O) groups excluding carboxylic acids is 1. The van der Waals surface area contributed by atoms with Gasteiger partial charge in [-0.05, 0) is 61.7 Å². The lowest BCUT2D eigenvalue weighted by Gasteiger charge is -2.29. The lowest BCUT2D eigenvalue weighted by molar-refractivity contribution is 0.0993. The Morgan fingerprint density at radius 3 is 2.45 bits per heavy atom. The zero-order chi connectivity index (χ0) is 20.4. The van der Waals surface area contributed by atoms with E-state index in [0.29, 0.717) is 6.61 Å². The summed E-state index contributed by atoms with van der Waals surface area (Å²) >= 11 is 0. The number of benzene rings is 3. The second-order valence-corrected chi connectivity index (χ2v) is 7.20. The summed E-state index contributed by atoms with van der Waals surface area (Å²) in [6.45, 7) is 6.83. The van der Waals surface area contributed by atoms with Crippen molar-refractivity contribution in [3.05, 3.63) is 89.0 Å². The molecule has 1 heterocycles. The number of nitrogens with one attached hydrogen (secondary N) is 1. The van der Waals surface area contributed by atoms with Crippen LogP contribution in [0.25, 0.3) is 0 Å². The Morgan fingerprint density at radius 1 is 0.966 bits per heavy atom. The molecule has 1 unspecified atom stereocenters. The fraction of sp³-hybridized carbons (Fsp3) is 0.240. The maximum atomic E-state index is 13.3. The van der Waals surface area contributed by atoms with Gasteiger partial charge in [0.25, 0.3) is 5.91 Å². The molecule has 29 heavy (non-hydrogen) atoms. The third-order valence-corrected chi connectivity index (χ3v) is 5.41. The fourth-order valence-corrected chi connectivity index (χ4v) is 3.96. The van der Waals surface area contributed by atoms with Crippen molar-refractivity contribution in [3.8, 4) is 5.75 Å². The van der Waals surface area contributed by atoms with Gasteiger partial charge < -0.3 is 10.1 Å². The number of hydrogen-bond donors (Lipinski definition) is 1. The van der Waals surface area contributed by atoms with E-state index in [2.05, 4.69) is 37.4 Å². The predicted molar refractivity (Wildman–Crippen MR) is 118 cm³/mol. The number of anilines is 2. The van der Waals surface area contributed by atoms with Crippen LogP contribution in [0.3, 0.4) is 0 Å². The summed E-state index contributed by atoms with van der Waals surface area (Å²) in [7, 11) is 0. The molecule has 0 fully saturated rings. The third-order valence-electron chi connectivity index (χ3n) is 5.41. The van der Waals surface area contributed by atoms with Crippen molar-refractivity contribution >= 4 is 17.3 Å². The molecule has 148 valence electrons. The fourth-order valence-electron chi connectivity index (χ4n) is 3.96. The van der Waals surface area contributed by atoms with Crippen molar-refractivity contribution < 1.29 is 9.53 Å². The quantitative estimate of drug-likeness (QED) is 0.588. The summed E-state index contributed by atoms with van der Waals surface area (Å²) in [5, 5.41) is 3.68. The summed E-state index contributed by atoms with van der Waals surface area (Å²) in [6.07, 6.45) is 0.665. The largest absolute Gasteiger partial charge is 0.494 e. The number of nitrogens with zero attached hydrogens (tertiary/aromatic N) is 1. The minimum Gasteiger partial charge on any atom is -0.494 e. The van der Waals surface area contributed by atoms with Crippen LogP contribution in [0.2, 0.25) is 0 Å². The Hall–Kier alpha value is -3.27. The minimum absolute atomic E-state index is 0.00823. The maximum absolute atomic E-state index is 13.3. The lowest BCUT2D eigenvalue weighted by atomic mass is 10.0. The van der Waals surface area contributed by atoms with Gasteiger partial charge in [-0.3, -0.25) is 9.69 Å². The summed E-state index contributed by atoms with van der Waals surface area (Å²) in [4.78, 5) is 15.1. The zero-order valence-corrected chi connectivity index (χ0v) is 17.1. The van der Waals surface area contributed by atoms with Crippen LogP contribution in [-0.2, 0) is 6.42 Å². The number of carbonyl (C=O) groups is 1. The van der Waals surface area contributed by atoms with Crippen molar-refractivity contribution in [2.75, 3.05) is 16.8 Å². The second kappa shape index (κ2) is 8.00. The SMILES string of the molecule is CCOc1ccc(N2C(=O)c3ccccc3C2Nc2c(C)cccc2CC)cc1. The highest BCUT2D eigenvalue weighted by Gasteiger charge is 2.38. The molecule has 0 spiro atoms. The number of para-hydroxylation sites is 1. The van der Waals surface area contributed by atoms with E-state index in [0.717, 1.165) is 34.7 Å². The standard InChI is InChI=1S/C25H26N2O2/c1-4-18-10-8-9-17(3)23(18)26-24-21-11-6-7-12-22(21)25(28)27(24)19-13-15-20(16-14-19)29-5-2/h6-16,24,26H,4-5H2,1-3H3. The molecule has 1 atom stereocenters. The van der Waals surface area contributed by atoms with Gasteiger partial charge in [0.15, 0.2) is 0 Å². The van der Waals surface area contributed by atoms with Crippen LogP contribution < -0.4 is 15.0 Å². The van der Waals surface area contributed by atoms with Crippen molar-refractivity contribution in [1.29, 1.82) is 0 Å². The molecule has 1 aliphatic rings. The second-order valence-electron chi connectivity index (χ2n) is 7.20. The molecule has 4 nitrogen and oxygen atoms in total. The first-order chi connectivity index (χ1) is 14.1. The van der Waals surface area contributed by atoms with Gasteiger partial charge in [-0.2, -0.15) is 0 Å². The highest BCUT2D eigenvalue weighted by Crippen LogP contribution is 2.39. The third kappa shape index (κ3) is 3.46. The van der Waals surface area contributed by atoms with Gasteiger partial charge in [-0.25, -0.2) is 0 Å².